The van der Waals surface area contributed by atoms with Crippen molar-refractivity contribution in [2.24, 2.45) is 4.99 Å². The van der Waals surface area contributed by atoms with Crippen molar-refractivity contribution < 1.29 is 4.74 Å². The van der Waals surface area contributed by atoms with Crippen molar-refractivity contribution in [2.45, 2.75) is 0 Å². The van der Waals surface area contributed by atoms with Crippen molar-refractivity contribution in [3.8, 4) is 5.75 Å². The van der Waals surface area contributed by atoms with Crippen LogP contribution in [0.2, 0.25) is 0 Å². The van der Waals surface area contributed by atoms with Gasteiger partial charge >= 0.3 is 0 Å². The molecule has 1 aromatic carbocycles. The summed E-state index contributed by atoms with van der Waals surface area (Å²) in [6.45, 7) is 0. The monoisotopic (exact) mass is 256 g/mol. The average Bonchev–Trinajstić information content (AvgIpc) is 2.28. The van der Waals surface area contributed by atoms with Crippen LogP contribution in [-0.4, -0.2) is 36.4 Å². The SMILES string of the molecule is COc1ccc(/C(Cl)=N/C(=S)N(C)C)cc1. The minimum Gasteiger partial charge on any atom is -0.497 e. The molecule has 0 amide bonds. The van der Waals surface area contributed by atoms with Crippen LogP contribution in [0.15, 0.2) is 29.3 Å². The third-order valence-corrected chi connectivity index (χ3v) is 2.66. The van der Waals surface area contributed by atoms with Gasteiger partial charge in [-0.15, -0.1) is 0 Å². The number of ether oxygens (including phenoxy) is 1. The zero-order chi connectivity index (χ0) is 12.1. The summed E-state index contributed by atoms with van der Waals surface area (Å²) < 4.78 is 5.05. The standard InChI is InChI=1S/C11H13ClN2OS/c1-14(2)11(16)13-10(12)8-4-6-9(15-3)7-5-8/h4-7H,1-3H3/b13-10-. The number of hydrogen-bond acceptors (Lipinski definition) is 2. The Hall–Kier alpha value is -1.13. The lowest BCUT2D eigenvalue weighted by molar-refractivity contribution is 0.415. The van der Waals surface area contributed by atoms with Crippen LogP contribution >= 0.6 is 23.8 Å². The van der Waals surface area contributed by atoms with Crippen LogP contribution in [-0.2, 0) is 0 Å². The van der Waals surface area contributed by atoms with Crippen LogP contribution in [0.5, 0.6) is 5.75 Å². The van der Waals surface area contributed by atoms with E-state index in [4.69, 9.17) is 28.6 Å². The Morgan fingerprint density at radius 3 is 2.31 bits per heavy atom. The Kier molecular flexibility index (Phi) is 4.71. The first-order valence-corrected chi connectivity index (χ1v) is 5.43. The fraction of sp³-hybridized carbons (Fsp3) is 0.273. The van der Waals surface area contributed by atoms with Crippen LogP contribution in [0.1, 0.15) is 5.56 Å². The summed E-state index contributed by atoms with van der Waals surface area (Å²) in [6.07, 6.45) is 0. The molecule has 0 radical (unpaired) electrons. The summed E-state index contributed by atoms with van der Waals surface area (Å²) in [5.74, 6) is 0.781. The number of rotatable bonds is 2. The van der Waals surface area contributed by atoms with Crippen molar-refractivity contribution >= 4 is 34.1 Å². The Labute approximate surface area is 106 Å². The van der Waals surface area contributed by atoms with E-state index in [0.29, 0.717) is 10.3 Å². The Morgan fingerprint density at radius 1 is 1.31 bits per heavy atom. The number of halogens is 1. The van der Waals surface area contributed by atoms with Gasteiger partial charge in [0.1, 0.15) is 10.9 Å². The largest absolute Gasteiger partial charge is 0.497 e. The summed E-state index contributed by atoms with van der Waals surface area (Å²) >= 11 is 11.1. The van der Waals surface area contributed by atoms with Gasteiger partial charge in [0.25, 0.3) is 0 Å². The molecule has 0 saturated carbocycles. The molecule has 0 atom stereocenters. The van der Waals surface area contributed by atoms with Crippen LogP contribution in [0, 0.1) is 0 Å². The maximum atomic E-state index is 6.04. The van der Waals surface area contributed by atoms with Gasteiger partial charge in [-0.05, 0) is 36.5 Å². The van der Waals surface area contributed by atoms with E-state index in [2.05, 4.69) is 4.99 Å². The van der Waals surface area contributed by atoms with Crippen molar-refractivity contribution in [2.75, 3.05) is 21.2 Å². The summed E-state index contributed by atoms with van der Waals surface area (Å²) in [5, 5.41) is 0.821. The third kappa shape index (κ3) is 3.47. The molecule has 0 fully saturated rings. The second-order valence-corrected chi connectivity index (χ2v) is 4.03. The molecule has 0 unspecified atom stereocenters. The van der Waals surface area contributed by atoms with Crippen molar-refractivity contribution in [1.29, 1.82) is 0 Å². The molecular weight excluding hydrogens is 244 g/mol. The van der Waals surface area contributed by atoms with E-state index in [1.807, 2.05) is 38.4 Å². The predicted molar refractivity (Wildman–Crippen MR) is 71.7 cm³/mol. The molecule has 0 bridgehead atoms. The number of thiocarbonyl (C=S) groups is 1. The van der Waals surface area contributed by atoms with Gasteiger partial charge < -0.3 is 9.64 Å². The quantitative estimate of drug-likeness (QED) is 0.601. The Balaban J connectivity index is 2.87. The predicted octanol–water partition coefficient (Wildman–Crippen LogP) is 2.53. The van der Waals surface area contributed by atoms with Gasteiger partial charge in [0.05, 0.1) is 7.11 Å². The smallest absolute Gasteiger partial charge is 0.196 e. The lowest BCUT2D eigenvalue weighted by Crippen LogP contribution is -2.18. The molecular formula is C11H13ClN2OS. The minimum atomic E-state index is 0.376. The van der Waals surface area contributed by atoms with Crippen LogP contribution in [0.3, 0.4) is 0 Å². The fourth-order valence-electron chi connectivity index (χ4n) is 0.977. The molecule has 0 N–H and O–H groups in total. The first-order chi connectivity index (χ1) is 7.54. The van der Waals surface area contributed by atoms with Gasteiger partial charge in [-0.1, -0.05) is 11.6 Å². The lowest BCUT2D eigenvalue weighted by Gasteiger charge is -2.09. The highest BCUT2D eigenvalue weighted by Gasteiger charge is 2.03. The molecule has 0 heterocycles. The molecule has 0 aliphatic carbocycles. The molecule has 0 aromatic heterocycles. The van der Waals surface area contributed by atoms with Gasteiger partial charge in [-0.25, -0.2) is 4.99 Å². The number of nitrogens with zero attached hydrogens (tertiary/aromatic N) is 2. The van der Waals surface area contributed by atoms with Gasteiger partial charge in [0, 0.05) is 19.7 Å². The van der Waals surface area contributed by atoms with E-state index < -0.39 is 0 Å². The second kappa shape index (κ2) is 5.82. The van der Waals surface area contributed by atoms with Gasteiger partial charge in [-0.2, -0.15) is 0 Å². The fourth-order valence-corrected chi connectivity index (χ4v) is 1.32. The molecule has 16 heavy (non-hydrogen) atoms. The van der Waals surface area contributed by atoms with E-state index >= 15 is 0 Å². The molecule has 5 heteroatoms. The minimum absolute atomic E-state index is 0.376. The Bertz CT molecular complexity index is 401. The summed E-state index contributed by atoms with van der Waals surface area (Å²) in [5.41, 5.74) is 0.812. The normalized spacial score (nSPS) is 11.1. The first-order valence-electron chi connectivity index (χ1n) is 4.64. The van der Waals surface area contributed by atoms with Crippen molar-refractivity contribution in [1.82, 2.24) is 4.90 Å². The highest BCUT2D eigenvalue weighted by molar-refractivity contribution is 7.80. The highest BCUT2D eigenvalue weighted by atomic mass is 35.5. The van der Waals surface area contributed by atoms with Crippen molar-refractivity contribution in [3.63, 3.8) is 0 Å². The van der Waals surface area contributed by atoms with E-state index in [-0.39, 0.29) is 0 Å². The zero-order valence-corrected chi connectivity index (χ0v) is 11.0. The second-order valence-electron chi connectivity index (χ2n) is 3.31. The number of aliphatic imine (C=N–C) groups is 1. The van der Waals surface area contributed by atoms with Gasteiger partial charge in [-0.3, -0.25) is 0 Å². The topological polar surface area (TPSA) is 24.8 Å². The maximum Gasteiger partial charge on any atom is 0.196 e. The van der Waals surface area contributed by atoms with E-state index in [0.717, 1.165) is 11.3 Å². The zero-order valence-electron chi connectivity index (χ0n) is 9.40. The molecule has 1 aromatic rings. The molecule has 86 valence electrons. The molecule has 0 spiro atoms. The molecule has 0 aliphatic heterocycles. The summed E-state index contributed by atoms with van der Waals surface area (Å²) in [6, 6.07) is 7.32. The molecule has 3 nitrogen and oxygen atoms in total. The number of hydrogen-bond donors (Lipinski definition) is 0. The molecule has 1 rings (SSSR count). The average molecular weight is 257 g/mol. The number of methoxy groups -OCH3 is 1. The lowest BCUT2D eigenvalue weighted by atomic mass is 10.2. The third-order valence-electron chi connectivity index (χ3n) is 1.90. The highest BCUT2D eigenvalue weighted by Crippen LogP contribution is 2.13. The summed E-state index contributed by atoms with van der Waals surface area (Å²) in [4.78, 5) is 5.82. The molecule has 0 aliphatic rings. The van der Waals surface area contributed by atoms with Crippen LogP contribution in [0.4, 0.5) is 0 Å². The van der Waals surface area contributed by atoms with E-state index in [1.165, 1.54) is 0 Å². The maximum absolute atomic E-state index is 6.04. The Morgan fingerprint density at radius 2 is 1.88 bits per heavy atom. The number of benzene rings is 1. The van der Waals surface area contributed by atoms with Gasteiger partial charge in [0.2, 0.25) is 0 Å². The van der Waals surface area contributed by atoms with E-state index in [1.54, 1.807) is 12.0 Å². The van der Waals surface area contributed by atoms with Crippen LogP contribution < -0.4 is 4.74 Å². The first kappa shape index (κ1) is 12.9. The summed E-state index contributed by atoms with van der Waals surface area (Å²) in [7, 11) is 5.26. The van der Waals surface area contributed by atoms with Crippen molar-refractivity contribution in [3.05, 3.63) is 29.8 Å². The van der Waals surface area contributed by atoms with Gasteiger partial charge in [0.15, 0.2) is 5.11 Å². The molecule has 0 saturated heterocycles. The van der Waals surface area contributed by atoms with E-state index in [9.17, 15) is 0 Å². The van der Waals surface area contributed by atoms with Crippen LogP contribution in [0.25, 0.3) is 0 Å².